The standard InChI is InChI=1S/C16H10F3NO/c1-8-3-2-4-12-13(8)10(7-20-12)16(21)9-5-6-11(17)15(19)14(9)18/h2-7,20H,1H3. The summed E-state index contributed by atoms with van der Waals surface area (Å²) in [6.07, 6.45) is 1.45. The molecule has 0 atom stereocenters. The first-order chi connectivity index (χ1) is 10.0. The molecule has 0 fully saturated rings. The van der Waals surface area contributed by atoms with Gasteiger partial charge < -0.3 is 4.98 Å². The van der Waals surface area contributed by atoms with Gasteiger partial charge >= 0.3 is 0 Å². The molecule has 0 aliphatic carbocycles. The molecule has 5 heteroatoms. The molecular formula is C16H10F3NO. The number of aromatic nitrogens is 1. The lowest BCUT2D eigenvalue weighted by Gasteiger charge is -2.04. The molecule has 21 heavy (non-hydrogen) atoms. The second kappa shape index (κ2) is 4.77. The molecule has 1 aromatic heterocycles. The minimum Gasteiger partial charge on any atom is -0.360 e. The number of benzene rings is 2. The summed E-state index contributed by atoms with van der Waals surface area (Å²) >= 11 is 0. The fourth-order valence-electron chi connectivity index (χ4n) is 2.39. The third kappa shape index (κ3) is 2.01. The smallest absolute Gasteiger partial charge is 0.198 e. The van der Waals surface area contributed by atoms with Crippen LogP contribution in [0.25, 0.3) is 10.9 Å². The number of aryl methyl sites for hydroxylation is 1. The van der Waals surface area contributed by atoms with Crippen LogP contribution in [-0.2, 0) is 0 Å². The summed E-state index contributed by atoms with van der Waals surface area (Å²) in [6.45, 7) is 1.81. The summed E-state index contributed by atoms with van der Waals surface area (Å²) in [4.78, 5) is 15.3. The Morgan fingerprint density at radius 3 is 2.52 bits per heavy atom. The van der Waals surface area contributed by atoms with Crippen LogP contribution in [-0.4, -0.2) is 10.8 Å². The van der Waals surface area contributed by atoms with Gasteiger partial charge in [-0.2, -0.15) is 0 Å². The van der Waals surface area contributed by atoms with Crippen molar-refractivity contribution in [3.63, 3.8) is 0 Å². The first-order valence-electron chi connectivity index (χ1n) is 6.25. The van der Waals surface area contributed by atoms with Gasteiger partial charge in [-0.3, -0.25) is 4.79 Å². The van der Waals surface area contributed by atoms with Crippen molar-refractivity contribution in [2.45, 2.75) is 6.92 Å². The summed E-state index contributed by atoms with van der Waals surface area (Å²) in [6, 6.07) is 7.11. The number of fused-ring (bicyclic) bond motifs is 1. The Balaban J connectivity index is 2.20. The number of hydrogen-bond acceptors (Lipinski definition) is 1. The van der Waals surface area contributed by atoms with Crippen LogP contribution in [0.1, 0.15) is 21.5 Å². The lowest BCUT2D eigenvalue weighted by atomic mass is 9.99. The van der Waals surface area contributed by atoms with Crippen LogP contribution >= 0.6 is 0 Å². The minimum atomic E-state index is -1.64. The SMILES string of the molecule is Cc1cccc2[nH]cc(C(=O)c3ccc(F)c(F)c3F)c12. The largest absolute Gasteiger partial charge is 0.360 e. The zero-order valence-electron chi connectivity index (χ0n) is 11.0. The fourth-order valence-corrected chi connectivity index (χ4v) is 2.39. The van der Waals surface area contributed by atoms with Gasteiger partial charge in [0.25, 0.3) is 0 Å². The van der Waals surface area contributed by atoms with Gasteiger partial charge in [-0.1, -0.05) is 12.1 Å². The first kappa shape index (κ1) is 13.4. The Kier molecular flexibility index (Phi) is 3.05. The quantitative estimate of drug-likeness (QED) is 0.558. The molecule has 0 bridgehead atoms. The van der Waals surface area contributed by atoms with Crippen molar-refractivity contribution >= 4 is 16.7 Å². The molecular weight excluding hydrogens is 279 g/mol. The molecule has 2 aromatic carbocycles. The van der Waals surface area contributed by atoms with Crippen LogP contribution in [0.15, 0.2) is 36.5 Å². The van der Waals surface area contributed by atoms with Gasteiger partial charge in [0.15, 0.2) is 23.2 Å². The highest BCUT2D eigenvalue weighted by molar-refractivity contribution is 6.17. The predicted octanol–water partition coefficient (Wildman–Crippen LogP) is 4.12. The summed E-state index contributed by atoms with van der Waals surface area (Å²) in [5, 5.41) is 0.645. The lowest BCUT2D eigenvalue weighted by molar-refractivity contribution is 0.103. The van der Waals surface area contributed by atoms with Crippen molar-refractivity contribution in [1.29, 1.82) is 0 Å². The second-order valence-corrected chi connectivity index (χ2v) is 4.75. The van der Waals surface area contributed by atoms with Crippen LogP contribution in [0.5, 0.6) is 0 Å². The minimum absolute atomic E-state index is 0.230. The summed E-state index contributed by atoms with van der Waals surface area (Å²) < 4.78 is 40.0. The van der Waals surface area contributed by atoms with E-state index in [4.69, 9.17) is 0 Å². The number of nitrogens with one attached hydrogen (secondary N) is 1. The Labute approximate surface area is 118 Å². The third-order valence-electron chi connectivity index (χ3n) is 3.44. The molecule has 3 rings (SSSR count). The van der Waals surface area contributed by atoms with Crippen molar-refractivity contribution in [2.75, 3.05) is 0 Å². The maximum atomic E-state index is 13.8. The van der Waals surface area contributed by atoms with Crippen LogP contribution in [0.4, 0.5) is 13.2 Å². The summed E-state index contributed by atoms with van der Waals surface area (Å²) in [7, 11) is 0. The highest BCUT2D eigenvalue weighted by Crippen LogP contribution is 2.26. The average molecular weight is 289 g/mol. The van der Waals surface area contributed by atoms with Gasteiger partial charge in [0.1, 0.15) is 0 Å². The number of halogens is 3. The highest BCUT2D eigenvalue weighted by atomic mass is 19.2. The average Bonchev–Trinajstić information content (AvgIpc) is 2.90. The van der Waals surface area contributed by atoms with Crippen LogP contribution < -0.4 is 0 Å². The topological polar surface area (TPSA) is 32.9 Å². The molecule has 106 valence electrons. The summed E-state index contributed by atoms with van der Waals surface area (Å²) in [5.41, 5.74) is 1.30. The molecule has 1 N–H and O–H groups in total. The highest BCUT2D eigenvalue weighted by Gasteiger charge is 2.22. The summed E-state index contributed by atoms with van der Waals surface area (Å²) in [5.74, 6) is -5.12. The van der Waals surface area contributed by atoms with E-state index in [1.54, 1.807) is 6.07 Å². The second-order valence-electron chi connectivity index (χ2n) is 4.75. The number of rotatable bonds is 2. The van der Waals surface area contributed by atoms with Crippen LogP contribution in [0, 0.1) is 24.4 Å². The van der Waals surface area contributed by atoms with E-state index in [0.29, 0.717) is 5.39 Å². The molecule has 0 radical (unpaired) electrons. The predicted molar refractivity (Wildman–Crippen MR) is 72.8 cm³/mol. The van der Waals surface area contributed by atoms with Crippen molar-refractivity contribution in [2.24, 2.45) is 0 Å². The maximum absolute atomic E-state index is 13.8. The van der Waals surface area contributed by atoms with Crippen LogP contribution in [0.3, 0.4) is 0 Å². The molecule has 0 amide bonds. The molecule has 0 spiro atoms. The number of H-pyrrole nitrogens is 1. The number of carbonyl (C=O) groups excluding carboxylic acids is 1. The Morgan fingerprint density at radius 2 is 1.76 bits per heavy atom. The molecule has 0 unspecified atom stereocenters. The van der Waals surface area contributed by atoms with E-state index in [0.717, 1.165) is 23.2 Å². The van der Waals surface area contributed by atoms with Gasteiger partial charge in [-0.25, -0.2) is 13.2 Å². The Hall–Kier alpha value is -2.56. The van der Waals surface area contributed by atoms with E-state index in [1.807, 2.05) is 19.1 Å². The number of aromatic amines is 1. The zero-order chi connectivity index (χ0) is 15.1. The van der Waals surface area contributed by atoms with E-state index in [9.17, 15) is 18.0 Å². The molecule has 0 aliphatic heterocycles. The van der Waals surface area contributed by atoms with Crippen molar-refractivity contribution in [3.05, 3.63) is 70.7 Å². The third-order valence-corrected chi connectivity index (χ3v) is 3.44. The number of hydrogen-bond donors (Lipinski definition) is 1. The zero-order valence-corrected chi connectivity index (χ0v) is 11.0. The van der Waals surface area contributed by atoms with E-state index in [-0.39, 0.29) is 5.56 Å². The van der Waals surface area contributed by atoms with E-state index in [2.05, 4.69) is 4.98 Å². The van der Waals surface area contributed by atoms with Crippen molar-refractivity contribution < 1.29 is 18.0 Å². The van der Waals surface area contributed by atoms with Crippen molar-refractivity contribution in [3.8, 4) is 0 Å². The van der Waals surface area contributed by atoms with Crippen LogP contribution in [0.2, 0.25) is 0 Å². The van der Waals surface area contributed by atoms with E-state index >= 15 is 0 Å². The normalized spacial score (nSPS) is 11.0. The van der Waals surface area contributed by atoms with Gasteiger partial charge in [-0.15, -0.1) is 0 Å². The molecule has 0 saturated carbocycles. The molecule has 3 aromatic rings. The molecule has 0 saturated heterocycles. The Bertz CT molecular complexity index is 867. The molecule has 2 nitrogen and oxygen atoms in total. The molecule has 1 heterocycles. The lowest BCUT2D eigenvalue weighted by Crippen LogP contribution is -2.07. The fraction of sp³-hybridized carbons (Fsp3) is 0.0625. The van der Waals surface area contributed by atoms with Gasteiger partial charge in [0.2, 0.25) is 0 Å². The van der Waals surface area contributed by atoms with Crippen molar-refractivity contribution in [1.82, 2.24) is 4.98 Å². The number of ketones is 1. The maximum Gasteiger partial charge on any atom is 0.198 e. The van der Waals surface area contributed by atoms with Gasteiger partial charge in [0, 0.05) is 22.7 Å². The molecule has 0 aliphatic rings. The first-order valence-corrected chi connectivity index (χ1v) is 6.25. The van der Waals surface area contributed by atoms with Gasteiger partial charge in [0.05, 0.1) is 5.56 Å². The Morgan fingerprint density at radius 1 is 1.00 bits per heavy atom. The van der Waals surface area contributed by atoms with E-state index < -0.39 is 28.8 Å². The number of carbonyl (C=O) groups is 1. The monoisotopic (exact) mass is 289 g/mol. The van der Waals surface area contributed by atoms with Gasteiger partial charge in [-0.05, 0) is 30.7 Å². The van der Waals surface area contributed by atoms with E-state index in [1.165, 1.54) is 6.20 Å².